The molecule has 0 fully saturated rings. The Balaban J connectivity index is 3.43. The Hall–Kier alpha value is -0.550. The monoisotopic (exact) mass is 352 g/mol. The van der Waals surface area contributed by atoms with Gasteiger partial charge < -0.3 is 0 Å². The second kappa shape index (κ2) is 10.4. The zero-order chi connectivity index (χ0) is 17.9. The Bertz CT molecular complexity index is 408. The van der Waals surface area contributed by atoms with E-state index in [1.807, 2.05) is 12.1 Å². The van der Waals surface area contributed by atoms with Crippen molar-refractivity contribution in [3.05, 3.63) is 24.3 Å². The molecule has 140 valence electrons. The van der Waals surface area contributed by atoms with Gasteiger partial charge >= 0.3 is 151 Å². The van der Waals surface area contributed by atoms with Crippen molar-refractivity contribution in [1.82, 2.24) is 0 Å². The van der Waals surface area contributed by atoms with Gasteiger partial charge in [-0.15, -0.1) is 0 Å². The van der Waals surface area contributed by atoms with E-state index in [-0.39, 0.29) is 0 Å². The summed E-state index contributed by atoms with van der Waals surface area (Å²) < 4.78 is 0. The van der Waals surface area contributed by atoms with Crippen molar-refractivity contribution in [3.8, 4) is 5.75 Å². The molecular weight excluding hydrogens is 311 g/mol. The third-order valence-corrected chi connectivity index (χ3v) is 13.7. The summed E-state index contributed by atoms with van der Waals surface area (Å²) in [6.45, 7) is 7.40. The maximum atomic E-state index is 9.83. The van der Waals surface area contributed by atoms with Gasteiger partial charge in [-0.05, 0) is 0 Å². The van der Waals surface area contributed by atoms with Crippen LogP contribution in [-0.4, -0.2) is 29.8 Å². The summed E-state index contributed by atoms with van der Waals surface area (Å²) in [4.78, 5) is 0. The molecule has 24 heavy (non-hydrogen) atoms. The molecule has 2 heteroatoms. The van der Waals surface area contributed by atoms with Crippen LogP contribution in [0.15, 0.2) is 24.3 Å². The van der Waals surface area contributed by atoms with E-state index in [1.165, 1.54) is 76.0 Å². The molecule has 0 aliphatic rings. The fourth-order valence-electron chi connectivity index (χ4n) is 4.35. The summed E-state index contributed by atoms with van der Waals surface area (Å²) in [6.07, 6.45) is 16.3. The molecule has 0 saturated heterocycles. The Labute approximate surface area is 151 Å². The third-order valence-electron chi connectivity index (χ3n) is 5.97. The van der Waals surface area contributed by atoms with E-state index >= 15 is 0 Å². The molecule has 0 aliphatic heterocycles. The van der Waals surface area contributed by atoms with Gasteiger partial charge in [-0.1, -0.05) is 0 Å². The fourth-order valence-corrected chi connectivity index (χ4v) is 12.3. The quantitative estimate of drug-likeness (QED) is 0.388. The molecule has 1 N–H and O–H groups in total. The number of hydrogen-bond donors (Lipinski definition) is 1. The van der Waals surface area contributed by atoms with E-state index in [1.54, 1.807) is 5.30 Å². The summed E-state index contributed by atoms with van der Waals surface area (Å²) >= 11 is 0. The van der Waals surface area contributed by atoms with Crippen LogP contribution >= 0.6 is 6.60 Å². The molecule has 1 nitrogen and oxygen atoms in total. The molecule has 0 aromatic heterocycles. The molecule has 0 heterocycles. The Kier molecular flexibility index (Phi) is 9.35. The van der Waals surface area contributed by atoms with E-state index in [4.69, 9.17) is 0 Å². The predicted octanol–water partition coefficient (Wildman–Crippen LogP) is 6.77. The van der Waals surface area contributed by atoms with Crippen LogP contribution in [0.5, 0.6) is 5.75 Å². The first-order valence-corrected chi connectivity index (χ1v) is 13.3. The second-order valence-corrected chi connectivity index (χ2v) is 14.1. The average molecular weight is 353 g/mol. The summed E-state index contributed by atoms with van der Waals surface area (Å²) in [6, 6.07) is 8.44. The molecule has 0 amide bonds. The standard InChI is InChI=1S/C22H41OP/c1-5-9-17-24(18-10-6-2,19-11-7-3,20-12-8-4)22-15-13-21(23)14-16-22/h13-16,23H,5-12,17-20H2,1-4H3. The number of rotatable bonds is 13. The summed E-state index contributed by atoms with van der Waals surface area (Å²) in [5, 5.41) is 11.4. The van der Waals surface area contributed by atoms with Crippen LogP contribution in [0.1, 0.15) is 79.1 Å². The van der Waals surface area contributed by atoms with E-state index in [2.05, 4.69) is 39.8 Å². The fraction of sp³-hybridized carbons (Fsp3) is 0.727. The molecule has 1 aromatic carbocycles. The number of hydrogen-bond acceptors (Lipinski definition) is 1. The predicted molar refractivity (Wildman–Crippen MR) is 114 cm³/mol. The molecule has 0 spiro atoms. The van der Waals surface area contributed by atoms with Crippen molar-refractivity contribution >= 4 is 11.9 Å². The van der Waals surface area contributed by atoms with Crippen molar-refractivity contribution in [2.45, 2.75) is 79.1 Å². The third kappa shape index (κ3) is 5.22. The summed E-state index contributed by atoms with van der Waals surface area (Å²) in [7, 11) is 0. The minimum absolute atomic E-state index is 0.410. The minimum atomic E-state index is -1.94. The zero-order valence-corrected chi connectivity index (χ0v) is 17.6. The van der Waals surface area contributed by atoms with E-state index in [0.29, 0.717) is 5.75 Å². The van der Waals surface area contributed by atoms with Crippen molar-refractivity contribution in [2.24, 2.45) is 0 Å². The number of aromatic hydroxyl groups is 1. The van der Waals surface area contributed by atoms with Crippen LogP contribution in [0.3, 0.4) is 0 Å². The molecule has 0 radical (unpaired) electrons. The van der Waals surface area contributed by atoms with Gasteiger partial charge in [-0.2, -0.15) is 0 Å². The second-order valence-electron chi connectivity index (χ2n) is 7.80. The summed E-state index contributed by atoms with van der Waals surface area (Å²) in [5.74, 6) is 0.410. The SMILES string of the molecule is CCCCP(CCCC)(CCCC)(CCCC)c1ccc(O)cc1. The van der Waals surface area contributed by atoms with Gasteiger partial charge in [-0.3, -0.25) is 0 Å². The van der Waals surface area contributed by atoms with Crippen LogP contribution in [0.2, 0.25) is 0 Å². The van der Waals surface area contributed by atoms with Gasteiger partial charge in [0.15, 0.2) is 0 Å². The van der Waals surface area contributed by atoms with E-state index in [9.17, 15) is 5.11 Å². The van der Waals surface area contributed by atoms with Gasteiger partial charge in [0, 0.05) is 0 Å². The molecule has 0 atom stereocenters. The number of phenols is 1. The van der Waals surface area contributed by atoms with Crippen LogP contribution in [0, 0.1) is 0 Å². The Morgan fingerprint density at radius 2 is 0.958 bits per heavy atom. The average Bonchev–Trinajstić information content (AvgIpc) is 2.62. The Morgan fingerprint density at radius 1 is 0.625 bits per heavy atom. The molecule has 0 aliphatic carbocycles. The van der Waals surface area contributed by atoms with Crippen LogP contribution in [-0.2, 0) is 0 Å². The van der Waals surface area contributed by atoms with Gasteiger partial charge in [0.25, 0.3) is 0 Å². The Morgan fingerprint density at radius 3 is 1.25 bits per heavy atom. The molecule has 1 aromatic rings. The van der Waals surface area contributed by atoms with E-state index in [0.717, 1.165) is 0 Å². The normalized spacial score (nSPS) is 13.6. The zero-order valence-electron chi connectivity index (χ0n) is 16.7. The molecule has 0 unspecified atom stereocenters. The van der Waals surface area contributed by atoms with Crippen molar-refractivity contribution in [1.29, 1.82) is 0 Å². The summed E-state index contributed by atoms with van der Waals surface area (Å²) in [5.41, 5.74) is 0. The van der Waals surface area contributed by atoms with Crippen molar-refractivity contribution in [2.75, 3.05) is 24.6 Å². The van der Waals surface area contributed by atoms with Crippen LogP contribution in [0.25, 0.3) is 0 Å². The topological polar surface area (TPSA) is 20.2 Å². The van der Waals surface area contributed by atoms with Crippen molar-refractivity contribution in [3.63, 3.8) is 0 Å². The van der Waals surface area contributed by atoms with Crippen molar-refractivity contribution < 1.29 is 5.11 Å². The first-order chi connectivity index (χ1) is 11.6. The number of benzene rings is 1. The van der Waals surface area contributed by atoms with Gasteiger partial charge in [0.05, 0.1) is 0 Å². The van der Waals surface area contributed by atoms with Gasteiger partial charge in [0.2, 0.25) is 0 Å². The maximum absolute atomic E-state index is 9.83. The van der Waals surface area contributed by atoms with E-state index < -0.39 is 6.60 Å². The van der Waals surface area contributed by atoms with Gasteiger partial charge in [0.1, 0.15) is 0 Å². The molecule has 1 rings (SSSR count). The van der Waals surface area contributed by atoms with Gasteiger partial charge in [-0.25, -0.2) is 0 Å². The first kappa shape index (κ1) is 21.5. The number of phenolic OH excluding ortho intramolecular Hbond substituents is 1. The van der Waals surface area contributed by atoms with Crippen LogP contribution in [0.4, 0.5) is 0 Å². The van der Waals surface area contributed by atoms with Crippen LogP contribution < -0.4 is 5.30 Å². The molecule has 0 saturated carbocycles. The molecule has 0 bridgehead atoms. The first-order valence-electron chi connectivity index (χ1n) is 10.4. The number of unbranched alkanes of at least 4 members (excludes halogenated alkanes) is 4. The molecular formula is C22H41OP.